The molecule has 0 saturated carbocycles. The van der Waals surface area contributed by atoms with Gasteiger partial charge in [0.2, 0.25) is 0 Å². The number of hydrogen-bond acceptors (Lipinski definition) is 5. The Morgan fingerprint density at radius 1 is 1.03 bits per heavy atom. The third-order valence-corrected chi connectivity index (χ3v) is 8.84. The molecule has 0 amide bonds. The number of aliphatic hydroxyl groups excluding tert-OH is 1. The van der Waals surface area contributed by atoms with Gasteiger partial charge in [-0.15, -0.1) is 0 Å². The molecule has 1 aromatic heterocycles. The molecule has 1 N–H and O–H groups in total. The SMILES string of the molecule is Cn1cnc(S(=O)(=O)N2CCCCN3[C@H](CO)[C@H](c4ccc(-c5ccc(F)cc5)cc4)[C@@H]3C2)c1. The van der Waals surface area contributed by atoms with Gasteiger partial charge in [0.15, 0.2) is 5.03 Å². The summed E-state index contributed by atoms with van der Waals surface area (Å²) >= 11 is 0. The lowest BCUT2D eigenvalue weighted by atomic mass is 9.74. The Balaban J connectivity index is 1.41. The van der Waals surface area contributed by atoms with E-state index >= 15 is 0 Å². The quantitative estimate of drug-likeness (QED) is 0.603. The molecule has 2 aliphatic rings. The molecule has 2 aromatic carbocycles. The maximum Gasteiger partial charge on any atom is 0.262 e. The Labute approximate surface area is 199 Å². The summed E-state index contributed by atoms with van der Waals surface area (Å²) in [6, 6.07) is 14.4. The van der Waals surface area contributed by atoms with Gasteiger partial charge in [-0.3, -0.25) is 4.90 Å². The summed E-state index contributed by atoms with van der Waals surface area (Å²) in [6.07, 6.45) is 4.68. The molecular formula is C25H29FN4O3S. The van der Waals surface area contributed by atoms with Gasteiger partial charge in [0.25, 0.3) is 10.0 Å². The zero-order valence-corrected chi connectivity index (χ0v) is 19.9. The van der Waals surface area contributed by atoms with Crippen molar-refractivity contribution in [3.63, 3.8) is 0 Å². The number of rotatable bonds is 5. The maximum atomic E-state index is 13.3. The summed E-state index contributed by atoms with van der Waals surface area (Å²) in [5.41, 5.74) is 2.99. The molecular weight excluding hydrogens is 455 g/mol. The monoisotopic (exact) mass is 484 g/mol. The van der Waals surface area contributed by atoms with Crippen molar-refractivity contribution in [1.82, 2.24) is 18.8 Å². The van der Waals surface area contributed by atoms with Crippen molar-refractivity contribution in [2.24, 2.45) is 7.05 Å². The van der Waals surface area contributed by atoms with Gasteiger partial charge in [0.05, 0.1) is 12.9 Å². The van der Waals surface area contributed by atoms with Gasteiger partial charge < -0.3 is 9.67 Å². The van der Waals surface area contributed by atoms with E-state index in [-0.39, 0.29) is 35.5 Å². The van der Waals surface area contributed by atoms with Gasteiger partial charge >= 0.3 is 0 Å². The second-order valence-electron chi connectivity index (χ2n) is 9.16. The van der Waals surface area contributed by atoms with E-state index in [1.807, 2.05) is 24.3 Å². The van der Waals surface area contributed by atoms with Crippen molar-refractivity contribution in [2.75, 3.05) is 26.2 Å². The normalized spacial score (nSPS) is 24.1. The Bertz CT molecular complexity index is 1240. The van der Waals surface area contributed by atoms with Crippen molar-refractivity contribution < 1.29 is 17.9 Å². The van der Waals surface area contributed by atoms with E-state index < -0.39 is 10.0 Å². The molecule has 0 radical (unpaired) electrons. The van der Waals surface area contributed by atoms with Crippen LogP contribution in [0.3, 0.4) is 0 Å². The molecule has 3 heterocycles. The van der Waals surface area contributed by atoms with Gasteiger partial charge in [0.1, 0.15) is 5.82 Å². The fraction of sp³-hybridized carbons (Fsp3) is 0.400. The average Bonchev–Trinajstić information content (AvgIpc) is 3.26. The fourth-order valence-electron chi connectivity index (χ4n) is 5.32. The number of sulfonamides is 1. The summed E-state index contributed by atoms with van der Waals surface area (Å²) in [5.74, 6) is -0.248. The van der Waals surface area contributed by atoms with Gasteiger partial charge in [-0.05, 0) is 48.2 Å². The first-order chi connectivity index (χ1) is 16.4. The van der Waals surface area contributed by atoms with Gasteiger partial charge in [-0.2, -0.15) is 4.31 Å². The predicted octanol–water partition coefficient (Wildman–Crippen LogP) is 2.84. The van der Waals surface area contributed by atoms with Crippen LogP contribution in [0.5, 0.6) is 0 Å². The summed E-state index contributed by atoms with van der Waals surface area (Å²) in [6.45, 7) is 1.69. The van der Waals surface area contributed by atoms with E-state index in [1.54, 1.807) is 28.1 Å². The number of fused-ring (bicyclic) bond motifs is 1. The van der Waals surface area contributed by atoms with E-state index in [0.29, 0.717) is 13.1 Å². The molecule has 2 aliphatic heterocycles. The molecule has 180 valence electrons. The lowest BCUT2D eigenvalue weighted by Crippen LogP contribution is -2.67. The number of nitrogens with zero attached hydrogens (tertiary/aromatic N) is 4. The van der Waals surface area contributed by atoms with Crippen LogP contribution >= 0.6 is 0 Å². The highest BCUT2D eigenvalue weighted by Gasteiger charge is 2.50. The second kappa shape index (κ2) is 9.22. The summed E-state index contributed by atoms with van der Waals surface area (Å²) in [7, 11) is -1.94. The largest absolute Gasteiger partial charge is 0.395 e. The van der Waals surface area contributed by atoms with Crippen molar-refractivity contribution >= 4 is 10.0 Å². The number of benzene rings is 2. The molecule has 34 heavy (non-hydrogen) atoms. The molecule has 3 aromatic rings. The molecule has 7 nitrogen and oxygen atoms in total. The zero-order valence-electron chi connectivity index (χ0n) is 19.1. The van der Waals surface area contributed by atoms with Crippen molar-refractivity contribution in [3.8, 4) is 11.1 Å². The Morgan fingerprint density at radius 3 is 2.29 bits per heavy atom. The van der Waals surface area contributed by atoms with Crippen molar-refractivity contribution in [2.45, 2.75) is 35.9 Å². The topological polar surface area (TPSA) is 78.7 Å². The van der Waals surface area contributed by atoms with Crippen LogP contribution < -0.4 is 0 Å². The lowest BCUT2D eigenvalue weighted by molar-refractivity contribution is -0.0554. The molecule has 2 saturated heterocycles. The molecule has 0 unspecified atom stereocenters. The van der Waals surface area contributed by atoms with Crippen LogP contribution in [0.2, 0.25) is 0 Å². The van der Waals surface area contributed by atoms with E-state index in [1.165, 1.54) is 24.7 Å². The highest BCUT2D eigenvalue weighted by molar-refractivity contribution is 7.89. The molecule has 5 rings (SSSR count). The first-order valence-electron chi connectivity index (χ1n) is 11.6. The minimum atomic E-state index is -3.70. The summed E-state index contributed by atoms with van der Waals surface area (Å²) in [4.78, 5) is 6.34. The van der Waals surface area contributed by atoms with Crippen LogP contribution in [0.4, 0.5) is 4.39 Å². The fourth-order valence-corrected chi connectivity index (χ4v) is 6.78. The Hall–Kier alpha value is -2.59. The van der Waals surface area contributed by atoms with Crippen LogP contribution in [0.1, 0.15) is 24.3 Å². The smallest absolute Gasteiger partial charge is 0.262 e. The molecule has 0 bridgehead atoms. The van der Waals surface area contributed by atoms with E-state index in [0.717, 1.165) is 36.1 Å². The minimum absolute atomic E-state index is 0.0202. The predicted molar refractivity (Wildman–Crippen MR) is 127 cm³/mol. The van der Waals surface area contributed by atoms with E-state index in [4.69, 9.17) is 0 Å². The highest BCUT2D eigenvalue weighted by atomic mass is 32.2. The number of aromatic nitrogens is 2. The first kappa shape index (κ1) is 23.2. The third kappa shape index (κ3) is 4.17. The summed E-state index contributed by atoms with van der Waals surface area (Å²) < 4.78 is 43.1. The highest BCUT2D eigenvalue weighted by Crippen LogP contribution is 2.42. The van der Waals surface area contributed by atoms with Gasteiger partial charge in [-0.1, -0.05) is 36.4 Å². The van der Waals surface area contributed by atoms with Crippen LogP contribution in [-0.2, 0) is 17.1 Å². The van der Waals surface area contributed by atoms with Crippen molar-refractivity contribution in [1.29, 1.82) is 0 Å². The van der Waals surface area contributed by atoms with Crippen LogP contribution in [0.25, 0.3) is 11.1 Å². The number of halogens is 1. The van der Waals surface area contributed by atoms with E-state index in [2.05, 4.69) is 9.88 Å². The van der Waals surface area contributed by atoms with Gasteiger partial charge in [0, 0.05) is 44.3 Å². The lowest BCUT2D eigenvalue weighted by Gasteiger charge is -2.57. The summed E-state index contributed by atoms with van der Waals surface area (Å²) in [5, 5.41) is 10.2. The third-order valence-electron chi connectivity index (χ3n) is 7.09. The molecule has 0 spiro atoms. The molecule has 9 heteroatoms. The zero-order chi connectivity index (χ0) is 23.9. The molecule has 2 fully saturated rings. The Morgan fingerprint density at radius 2 is 1.68 bits per heavy atom. The van der Waals surface area contributed by atoms with Gasteiger partial charge in [-0.25, -0.2) is 17.8 Å². The minimum Gasteiger partial charge on any atom is -0.395 e. The number of imidazole rings is 1. The van der Waals surface area contributed by atoms with Crippen molar-refractivity contribution in [3.05, 3.63) is 72.4 Å². The second-order valence-corrected chi connectivity index (χ2v) is 11.0. The van der Waals surface area contributed by atoms with Crippen LogP contribution in [0, 0.1) is 5.82 Å². The standard InChI is InChI=1S/C25H29FN4O3S/c1-28-15-24(27-17-28)34(32,33)29-12-2-3-13-30-22(14-29)25(23(30)16-31)20-6-4-18(5-7-20)19-8-10-21(26)11-9-19/h4-11,15,17,22-23,25,31H,2-3,12-14,16H2,1H3/t22-,23+,25+/m0/s1. The maximum absolute atomic E-state index is 13.3. The average molecular weight is 485 g/mol. The van der Waals surface area contributed by atoms with E-state index in [9.17, 15) is 17.9 Å². The molecule has 0 aliphatic carbocycles. The number of hydrogen-bond donors (Lipinski definition) is 1. The van der Waals surface area contributed by atoms with Crippen LogP contribution in [0.15, 0.2) is 66.1 Å². The van der Waals surface area contributed by atoms with Crippen LogP contribution in [-0.4, -0.2) is 70.6 Å². The Kier molecular flexibility index (Phi) is 6.28. The molecule has 3 atom stereocenters. The number of aliphatic hydroxyl groups is 1. The number of aryl methyl sites for hydroxylation is 1. The first-order valence-corrected chi connectivity index (χ1v) is 13.0.